The van der Waals surface area contributed by atoms with Gasteiger partial charge in [-0.3, -0.25) is 10.1 Å². The van der Waals surface area contributed by atoms with Gasteiger partial charge in [-0.05, 0) is 25.5 Å². The van der Waals surface area contributed by atoms with Gasteiger partial charge in [0.25, 0.3) is 10.0 Å². The molecule has 1 aliphatic rings. The predicted molar refractivity (Wildman–Crippen MR) is 67.1 cm³/mol. The Morgan fingerprint density at radius 1 is 1.58 bits per heavy atom. The smallest absolute Gasteiger partial charge is 0.308 e. The van der Waals surface area contributed by atoms with Crippen molar-refractivity contribution in [1.82, 2.24) is 15.0 Å². The van der Waals surface area contributed by atoms with E-state index in [1.807, 2.05) is 0 Å². The maximum Gasteiger partial charge on any atom is 0.308 e. The summed E-state index contributed by atoms with van der Waals surface area (Å²) in [6.07, 6.45) is 3.10. The van der Waals surface area contributed by atoms with Crippen molar-refractivity contribution in [2.75, 3.05) is 13.1 Å². The van der Waals surface area contributed by atoms with Crippen LogP contribution in [-0.2, 0) is 10.0 Å². The minimum Gasteiger partial charge on any atom is -0.313 e. The quantitative estimate of drug-likeness (QED) is 0.582. The molecular weight excluding hydrogens is 272 g/mol. The van der Waals surface area contributed by atoms with Crippen LogP contribution in [0.25, 0.3) is 0 Å². The molecular formula is C10H14N4O4S. The fraction of sp³-hybridized carbons (Fsp3) is 0.500. The second-order valence-electron chi connectivity index (χ2n) is 4.23. The zero-order chi connectivity index (χ0) is 13.9. The van der Waals surface area contributed by atoms with Crippen molar-refractivity contribution in [1.29, 1.82) is 0 Å². The number of aromatic nitrogens is 1. The van der Waals surface area contributed by atoms with Crippen LogP contribution in [0.3, 0.4) is 0 Å². The maximum atomic E-state index is 12.0. The molecule has 0 aliphatic carbocycles. The van der Waals surface area contributed by atoms with Gasteiger partial charge in [0.05, 0.1) is 4.92 Å². The Hall–Kier alpha value is -1.58. The molecule has 1 fully saturated rings. The number of hydrogen-bond donors (Lipinski definition) is 2. The number of rotatable bonds is 5. The van der Waals surface area contributed by atoms with Crippen molar-refractivity contribution >= 4 is 15.7 Å². The summed E-state index contributed by atoms with van der Waals surface area (Å²) >= 11 is 0. The Labute approximate surface area is 110 Å². The average molecular weight is 286 g/mol. The molecule has 0 bridgehead atoms. The minimum absolute atomic E-state index is 0.0672. The first-order chi connectivity index (χ1) is 9.00. The number of nitrogens with zero attached hydrogens (tertiary/aromatic N) is 2. The van der Waals surface area contributed by atoms with Crippen LogP contribution in [-0.4, -0.2) is 37.5 Å². The van der Waals surface area contributed by atoms with E-state index in [1.54, 1.807) is 0 Å². The SMILES string of the molecule is O=[N+]([O-])c1cccnc1S(=O)(=O)NC[C@H]1CCCN1. The van der Waals surface area contributed by atoms with Crippen LogP contribution >= 0.6 is 0 Å². The van der Waals surface area contributed by atoms with Crippen LogP contribution in [0, 0.1) is 10.1 Å². The van der Waals surface area contributed by atoms with Gasteiger partial charge >= 0.3 is 5.69 Å². The highest BCUT2D eigenvalue weighted by atomic mass is 32.2. The molecule has 0 unspecified atom stereocenters. The van der Waals surface area contributed by atoms with Crippen LogP contribution in [0.15, 0.2) is 23.4 Å². The van der Waals surface area contributed by atoms with Gasteiger partial charge in [0.2, 0.25) is 5.03 Å². The van der Waals surface area contributed by atoms with E-state index in [1.165, 1.54) is 12.3 Å². The van der Waals surface area contributed by atoms with Crippen molar-refractivity contribution in [3.63, 3.8) is 0 Å². The lowest BCUT2D eigenvalue weighted by atomic mass is 10.2. The van der Waals surface area contributed by atoms with Gasteiger partial charge < -0.3 is 5.32 Å². The van der Waals surface area contributed by atoms with Gasteiger partial charge in [-0.15, -0.1) is 0 Å². The first-order valence-electron chi connectivity index (χ1n) is 5.83. The van der Waals surface area contributed by atoms with E-state index >= 15 is 0 Å². The van der Waals surface area contributed by atoms with Crippen molar-refractivity contribution in [3.8, 4) is 0 Å². The number of hydrogen-bond acceptors (Lipinski definition) is 6. The van der Waals surface area contributed by atoms with Gasteiger partial charge in [-0.2, -0.15) is 0 Å². The summed E-state index contributed by atoms with van der Waals surface area (Å²) in [7, 11) is -3.97. The number of nitro groups is 1. The number of sulfonamides is 1. The predicted octanol–water partition coefficient (Wildman–Crippen LogP) is 0.0201. The molecule has 9 heteroatoms. The second kappa shape index (κ2) is 5.59. The molecule has 0 amide bonds. The molecule has 1 saturated heterocycles. The molecule has 0 spiro atoms. The molecule has 19 heavy (non-hydrogen) atoms. The van der Waals surface area contributed by atoms with Gasteiger partial charge in [-0.25, -0.2) is 18.1 Å². The zero-order valence-corrected chi connectivity index (χ0v) is 10.9. The monoisotopic (exact) mass is 286 g/mol. The Kier molecular flexibility index (Phi) is 4.08. The summed E-state index contributed by atoms with van der Waals surface area (Å²) in [6, 6.07) is 2.52. The molecule has 0 radical (unpaired) electrons. The van der Waals surface area contributed by atoms with E-state index in [0.29, 0.717) is 0 Å². The molecule has 2 N–H and O–H groups in total. The third-order valence-electron chi connectivity index (χ3n) is 2.88. The van der Waals surface area contributed by atoms with E-state index in [4.69, 9.17) is 0 Å². The Morgan fingerprint density at radius 2 is 2.37 bits per heavy atom. The van der Waals surface area contributed by atoms with Crippen molar-refractivity contribution in [2.24, 2.45) is 0 Å². The molecule has 8 nitrogen and oxygen atoms in total. The van der Waals surface area contributed by atoms with E-state index in [0.717, 1.165) is 25.5 Å². The number of pyridine rings is 1. The van der Waals surface area contributed by atoms with Crippen LogP contribution in [0.1, 0.15) is 12.8 Å². The van der Waals surface area contributed by atoms with Crippen LogP contribution < -0.4 is 10.0 Å². The van der Waals surface area contributed by atoms with Gasteiger partial charge in [0.1, 0.15) is 0 Å². The highest BCUT2D eigenvalue weighted by Gasteiger charge is 2.28. The summed E-state index contributed by atoms with van der Waals surface area (Å²) in [5, 5.41) is 13.4. The molecule has 1 aliphatic heterocycles. The molecule has 1 aromatic rings. The third-order valence-corrected chi connectivity index (χ3v) is 4.25. The van der Waals surface area contributed by atoms with Crippen molar-refractivity contribution in [2.45, 2.75) is 23.9 Å². The second-order valence-corrected chi connectivity index (χ2v) is 5.91. The highest BCUT2D eigenvalue weighted by Crippen LogP contribution is 2.20. The third kappa shape index (κ3) is 3.25. The molecule has 0 aromatic carbocycles. The summed E-state index contributed by atoms with van der Waals surface area (Å²) in [5.41, 5.74) is -0.519. The van der Waals surface area contributed by atoms with E-state index in [-0.39, 0.29) is 12.6 Å². The Morgan fingerprint density at radius 3 is 3.00 bits per heavy atom. The molecule has 2 heterocycles. The Balaban J connectivity index is 2.17. The van der Waals surface area contributed by atoms with Crippen LogP contribution in [0.2, 0.25) is 0 Å². The van der Waals surface area contributed by atoms with Crippen LogP contribution in [0.5, 0.6) is 0 Å². The molecule has 0 saturated carbocycles. The lowest BCUT2D eigenvalue weighted by Gasteiger charge is -2.11. The van der Waals surface area contributed by atoms with E-state index in [9.17, 15) is 18.5 Å². The topological polar surface area (TPSA) is 114 Å². The number of nitrogens with one attached hydrogen (secondary N) is 2. The fourth-order valence-corrected chi connectivity index (χ4v) is 3.11. The van der Waals surface area contributed by atoms with Crippen molar-refractivity contribution < 1.29 is 13.3 Å². The molecule has 1 atom stereocenters. The van der Waals surface area contributed by atoms with Gasteiger partial charge in [0, 0.05) is 24.8 Å². The lowest BCUT2D eigenvalue weighted by molar-refractivity contribution is -0.388. The Bertz CT molecular complexity index is 569. The van der Waals surface area contributed by atoms with Gasteiger partial charge in [-0.1, -0.05) is 0 Å². The molecule has 1 aromatic heterocycles. The normalized spacial score (nSPS) is 19.5. The zero-order valence-electron chi connectivity index (χ0n) is 10.1. The van der Waals surface area contributed by atoms with E-state index < -0.39 is 25.7 Å². The lowest BCUT2D eigenvalue weighted by Crippen LogP contribution is -2.37. The molecule has 104 valence electrons. The maximum absolute atomic E-state index is 12.0. The average Bonchev–Trinajstić information content (AvgIpc) is 2.89. The van der Waals surface area contributed by atoms with E-state index in [2.05, 4.69) is 15.0 Å². The summed E-state index contributed by atoms with van der Waals surface area (Å²) < 4.78 is 26.4. The summed E-state index contributed by atoms with van der Waals surface area (Å²) in [4.78, 5) is 13.6. The standard InChI is InChI=1S/C10H14N4O4S/c15-14(16)9-4-2-6-12-10(9)19(17,18)13-7-8-3-1-5-11-8/h2,4,6,8,11,13H,1,3,5,7H2/t8-/m1/s1. The van der Waals surface area contributed by atoms with Crippen molar-refractivity contribution in [3.05, 3.63) is 28.4 Å². The minimum atomic E-state index is -3.97. The summed E-state index contributed by atoms with van der Waals surface area (Å²) in [6.45, 7) is 1.06. The fourth-order valence-electron chi connectivity index (χ4n) is 1.94. The first kappa shape index (κ1) is 13.8. The van der Waals surface area contributed by atoms with Gasteiger partial charge in [0.15, 0.2) is 0 Å². The largest absolute Gasteiger partial charge is 0.313 e. The first-order valence-corrected chi connectivity index (χ1v) is 7.31. The highest BCUT2D eigenvalue weighted by molar-refractivity contribution is 7.89. The molecule has 2 rings (SSSR count). The summed E-state index contributed by atoms with van der Waals surface area (Å²) in [5.74, 6) is 0. The van der Waals surface area contributed by atoms with Crippen LogP contribution in [0.4, 0.5) is 5.69 Å².